The second-order valence-electron chi connectivity index (χ2n) is 22.7. The molecule has 26 nitrogen and oxygen atoms in total. The Morgan fingerprint density at radius 3 is 1.88 bits per heavy atom. The molecule has 84 heavy (non-hydrogen) atoms. The van der Waals surface area contributed by atoms with Gasteiger partial charge in [-0.25, -0.2) is 0 Å². The molecule has 1 aromatic rings. The van der Waals surface area contributed by atoms with E-state index in [1.54, 1.807) is 44.2 Å². The summed E-state index contributed by atoms with van der Waals surface area (Å²) in [6, 6.07) is 0.147. The molecule has 10 atom stereocenters. The van der Waals surface area contributed by atoms with Crippen molar-refractivity contribution in [2.24, 2.45) is 63.1 Å². The topological polar surface area (TPSA) is 456 Å². The van der Waals surface area contributed by atoms with Crippen molar-refractivity contribution in [1.29, 1.82) is 0 Å². The molecule has 0 aromatic heterocycles. The first-order valence-electron chi connectivity index (χ1n) is 30.0. The highest BCUT2D eigenvalue weighted by molar-refractivity contribution is 5.98. The highest BCUT2D eigenvalue weighted by atomic mass is 16.3. The number of guanidine groups is 1. The summed E-state index contributed by atoms with van der Waals surface area (Å²) < 4.78 is 0. The van der Waals surface area contributed by atoms with Crippen molar-refractivity contribution in [3.8, 4) is 0 Å². The standard InChI is InChI=1S/C58H101N15O11/c1-6-7-8-9-13-17-40(74)34-49(77)68-42(19-24-59)47(75)32-38-22-28-66-57(84)50(36(4)5)73-55(82)45(21-26-61)70-54(81)44(20-25-60)71-56(83)46(30-35(2)3)72-52(79)39(31-37-15-11-10-12-16-37)33-48(76)43(69-51(38)78)23-29-65-53(80)41(62)18-14-27-67-58(63)64/h10-12,15-16,35-36,38-46,50,74H,6-9,13-14,17-34,59-62H2,1-5H3,(H,65,80)(H,66,84)(H,68,77)(H,69,78)(H,70,81)(H,71,83)(H,72,79)(H,73,82)(H4,63,64,67)/t38-,39+,40-,41+,42-,43+,44+,45+,46+,50+/m1/s1. The quantitative estimate of drug-likeness (QED) is 0.0230. The Hall–Kier alpha value is -6.61. The molecule has 0 spiro atoms. The fourth-order valence-electron chi connectivity index (χ4n) is 9.69. The summed E-state index contributed by atoms with van der Waals surface area (Å²) in [4.78, 5) is 146. The van der Waals surface area contributed by atoms with Gasteiger partial charge in [0.25, 0.3) is 0 Å². The number of rotatable bonds is 31. The van der Waals surface area contributed by atoms with E-state index in [-0.39, 0.29) is 109 Å². The van der Waals surface area contributed by atoms with Crippen molar-refractivity contribution >= 4 is 64.8 Å². The van der Waals surface area contributed by atoms with Crippen LogP contribution in [0.1, 0.15) is 149 Å². The minimum atomic E-state index is -1.42. The molecule has 0 aliphatic carbocycles. The zero-order valence-electron chi connectivity index (χ0n) is 50.2. The summed E-state index contributed by atoms with van der Waals surface area (Å²) in [7, 11) is 0. The fraction of sp³-hybridized carbons (Fsp3) is 0.707. The third-order valence-electron chi connectivity index (χ3n) is 14.5. The average Bonchev–Trinajstić information content (AvgIpc) is 3.62. The summed E-state index contributed by atoms with van der Waals surface area (Å²) in [5.74, 6) is -10.3. The first kappa shape index (κ1) is 73.5. The van der Waals surface area contributed by atoms with Crippen LogP contribution in [0.15, 0.2) is 35.3 Å². The molecule has 1 aliphatic heterocycles. The van der Waals surface area contributed by atoms with E-state index >= 15 is 0 Å². The van der Waals surface area contributed by atoms with E-state index in [0.29, 0.717) is 24.8 Å². The minimum absolute atomic E-state index is 0.0121. The molecule has 26 heteroatoms. The molecule has 1 fully saturated rings. The summed E-state index contributed by atoms with van der Waals surface area (Å²) in [5.41, 5.74) is 35.5. The Balaban J connectivity index is 2.80. The van der Waals surface area contributed by atoms with Gasteiger partial charge in [-0.05, 0) is 101 Å². The van der Waals surface area contributed by atoms with E-state index in [2.05, 4.69) is 54.5 Å². The van der Waals surface area contributed by atoms with Gasteiger partial charge in [0, 0.05) is 44.3 Å². The maximum atomic E-state index is 14.9. The number of aliphatic imine (C=N–C) groups is 1. The number of aliphatic hydroxyl groups is 1. The highest BCUT2D eigenvalue weighted by Gasteiger charge is 2.36. The van der Waals surface area contributed by atoms with Crippen molar-refractivity contribution in [3.05, 3.63) is 35.9 Å². The predicted octanol–water partition coefficient (Wildman–Crippen LogP) is -1.44. The van der Waals surface area contributed by atoms with Gasteiger partial charge < -0.3 is 82.0 Å². The maximum absolute atomic E-state index is 14.9. The lowest BCUT2D eigenvalue weighted by atomic mass is 9.89. The van der Waals surface area contributed by atoms with Gasteiger partial charge in [-0.15, -0.1) is 0 Å². The van der Waals surface area contributed by atoms with Gasteiger partial charge in [-0.2, -0.15) is 0 Å². The van der Waals surface area contributed by atoms with Crippen molar-refractivity contribution in [1.82, 2.24) is 42.5 Å². The average molecular weight is 1180 g/mol. The van der Waals surface area contributed by atoms with E-state index in [4.69, 9.17) is 34.4 Å². The molecule has 8 amide bonds. The number of amides is 8. The highest BCUT2D eigenvalue weighted by Crippen LogP contribution is 2.20. The lowest BCUT2D eigenvalue weighted by Gasteiger charge is -2.28. The van der Waals surface area contributed by atoms with Crippen molar-refractivity contribution in [2.75, 3.05) is 39.3 Å². The number of ketones is 2. The van der Waals surface area contributed by atoms with Crippen LogP contribution in [0.3, 0.4) is 0 Å². The number of benzene rings is 1. The molecular weight excluding hydrogens is 1080 g/mol. The Kier molecular flexibility index (Phi) is 35.5. The molecule has 1 aromatic carbocycles. The molecule has 21 N–H and O–H groups in total. The fourth-order valence-corrected chi connectivity index (χ4v) is 9.69. The van der Waals surface area contributed by atoms with Crippen LogP contribution in [-0.4, -0.2) is 158 Å². The van der Waals surface area contributed by atoms with E-state index in [0.717, 1.165) is 25.7 Å². The van der Waals surface area contributed by atoms with Gasteiger partial charge in [0.1, 0.15) is 24.2 Å². The number of nitrogens with zero attached hydrogens (tertiary/aromatic N) is 1. The van der Waals surface area contributed by atoms with Crippen molar-refractivity contribution < 1.29 is 53.1 Å². The minimum Gasteiger partial charge on any atom is -0.393 e. The molecule has 0 unspecified atom stereocenters. The lowest BCUT2D eigenvalue weighted by molar-refractivity contribution is -0.136. The number of carbonyl (C=O) groups excluding carboxylic acids is 10. The smallest absolute Gasteiger partial charge is 0.243 e. The summed E-state index contributed by atoms with van der Waals surface area (Å²) >= 11 is 0. The monoisotopic (exact) mass is 1180 g/mol. The number of unbranched alkanes of at least 4 members (excludes halogenated alkanes) is 4. The number of hydrogen-bond donors (Lipinski definition) is 15. The van der Waals surface area contributed by atoms with Gasteiger partial charge in [-0.1, -0.05) is 97.1 Å². The van der Waals surface area contributed by atoms with Crippen LogP contribution in [0.2, 0.25) is 0 Å². The van der Waals surface area contributed by atoms with Crippen LogP contribution in [0.5, 0.6) is 0 Å². The SMILES string of the molecule is CCCCCCC[C@@H](O)CC(=O)N[C@H](CCN)C(=O)C[C@H]1CCNC(=O)[C@H](C(C)C)NC(=O)[C@H](CCN)NC(=O)[C@H](CCN)NC(=O)[C@H](CC(C)C)NC(=O)[C@@H](Cc2ccccc2)CC(=O)[C@H](CCNC(=O)[C@@H](N)CCCN=C(N)N)NC1=O. The lowest BCUT2D eigenvalue weighted by Crippen LogP contribution is -2.59. The number of carbonyl (C=O) groups is 10. The van der Waals surface area contributed by atoms with Crippen LogP contribution in [0.25, 0.3) is 0 Å². The molecule has 474 valence electrons. The van der Waals surface area contributed by atoms with Crippen LogP contribution >= 0.6 is 0 Å². The zero-order chi connectivity index (χ0) is 62.7. The van der Waals surface area contributed by atoms with Crippen LogP contribution in [0, 0.1) is 23.7 Å². The second kappa shape index (κ2) is 40.6. The van der Waals surface area contributed by atoms with Crippen LogP contribution in [-0.2, 0) is 54.4 Å². The Morgan fingerprint density at radius 1 is 0.690 bits per heavy atom. The molecule has 2 rings (SSSR count). The largest absolute Gasteiger partial charge is 0.393 e. The molecule has 1 saturated heterocycles. The Morgan fingerprint density at radius 2 is 1.29 bits per heavy atom. The van der Waals surface area contributed by atoms with E-state index in [1.807, 2.05) is 13.8 Å². The molecule has 1 heterocycles. The third kappa shape index (κ3) is 28.8. The Labute approximate surface area is 495 Å². The first-order chi connectivity index (χ1) is 39.9. The molecular formula is C58H101N15O11. The number of hydrogen-bond acceptors (Lipinski definition) is 16. The zero-order valence-corrected chi connectivity index (χ0v) is 50.2. The molecule has 0 bridgehead atoms. The van der Waals surface area contributed by atoms with E-state index in [9.17, 15) is 53.1 Å². The van der Waals surface area contributed by atoms with Crippen LogP contribution < -0.4 is 76.9 Å². The van der Waals surface area contributed by atoms with Gasteiger partial charge in [-0.3, -0.25) is 52.9 Å². The van der Waals surface area contributed by atoms with Gasteiger partial charge in [0.15, 0.2) is 17.5 Å². The van der Waals surface area contributed by atoms with Crippen LogP contribution in [0.4, 0.5) is 0 Å². The maximum Gasteiger partial charge on any atom is 0.243 e. The number of nitrogens with two attached hydrogens (primary N) is 6. The summed E-state index contributed by atoms with van der Waals surface area (Å²) in [6.07, 6.45) is 2.82. The summed E-state index contributed by atoms with van der Waals surface area (Å²) in [5, 5.41) is 32.5. The van der Waals surface area contributed by atoms with Gasteiger partial charge >= 0.3 is 0 Å². The first-order valence-corrected chi connectivity index (χ1v) is 30.0. The summed E-state index contributed by atoms with van der Waals surface area (Å²) in [6.45, 7) is 8.67. The van der Waals surface area contributed by atoms with E-state index < -0.39 is 138 Å². The predicted molar refractivity (Wildman–Crippen MR) is 320 cm³/mol. The van der Waals surface area contributed by atoms with Gasteiger partial charge in [0.05, 0.1) is 30.7 Å². The second-order valence-corrected chi connectivity index (χ2v) is 22.7. The molecule has 0 radical (unpaired) electrons. The number of aliphatic hydroxyl groups excluding tert-OH is 1. The number of Topliss-reactive ketones (excluding diaryl/α,β-unsaturated/α-hetero) is 2. The van der Waals surface area contributed by atoms with Crippen molar-refractivity contribution in [2.45, 2.75) is 199 Å². The van der Waals surface area contributed by atoms with E-state index in [1.165, 1.54) is 0 Å². The third-order valence-corrected chi connectivity index (χ3v) is 14.5. The Bertz CT molecular complexity index is 2270. The molecule has 0 saturated carbocycles. The number of nitrogens with one attached hydrogen (secondary N) is 8. The molecule has 1 aliphatic rings. The normalized spacial score (nSPS) is 22.0. The van der Waals surface area contributed by atoms with Crippen molar-refractivity contribution in [3.63, 3.8) is 0 Å². The van der Waals surface area contributed by atoms with Gasteiger partial charge in [0.2, 0.25) is 47.3 Å².